The summed E-state index contributed by atoms with van der Waals surface area (Å²) in [6.45, 7) is 30.1. The van der Waals surface area contributed by atoms with Gasteiger partial charge in [-0.3, -0.25) is 38.7 Å². The smallest absolute Gasteiger partial charge is 0.324 e. The van der Waals surface area contributed by atoms with Gasteiger partial charge in [-0.1, -0.05) is 6.08 Å². The van der Waals surface area contributed by atoms with E-state index in [0.717, 1.165) is 0 Å². The third kappa shape index (κ3) is 25.0. The number of hydrogen-bond acceptors (Lipinski definition) is 13. The van der Waals surface area contributed by atoms with Crippen LogP contribution >= 0.6 is 0 Å². The van der Waals surface area contributed by atoms with Gasteiger partial charge in [-0.25, -0.2) is 0 Å². The van der Waals surface area contributed by atoms with E-state index in [2.05, 4.69) is 6.58 Å². The van der Waals surface area contributed by atoms with Crippen LogP contribution in [0.1, 0.15) is 110 Å². The highest BCUT2D eigenvalue weighted by Gasteiger charge is 2.32. The lowest BCUT2D eigenvalue weighted by Gasteiger charge is -2.35. The van der Waals surface area contributed by atoms with Gasteiger partial charge >= 0.3 is 29.8 Å². The number of carbonyl (C=O) groups is 5. The average Bonchev–Trinajstić information content (AvgIpc) is 2.81. The average molecular weight is 714 g/mol. The minimum Gasteiger partial charge on any atom is -0.459 e. The van der Waals surface area contributed by atoms with E-state index in [1.54, 1.807) is 120 Å². The summed E-state index contributed by atoms with van der Waals surface area (Å²) < 4.78 is 27.9. The summed E-state index contributed by atoms with van der Waals surface area (Å²) in [5.74, 6) is -2.59. The molecular formula is C37H67N3O10. The molecule has 0 N–H and O–H groups in total. The van der Waals surface area contributed by atoms with Gasteiger partial charge in [0, 0.05) is 26.2 Å². The lowest BCUT2D eigenvalue weighted by Crippen LogP contribution is -2.51. The van der Waals surface area contributed by atoms with Crippen molar-refractivity contribution in [3.63, 3.8) is 0 Å². The predicted octanol–water partition coefficient (Wildman–Crippen LogP) is 4.55. The van der Waals surface area contributed by atoms with Gasteiger partial charge in [0.15, 0.2) is 0 Å². The second-order valence-corrected chi connectivity index (χ2v) is 17.4. The quantitative estimate of drug-likeness (QED) is 0.112. The first-order valence-electron chi connectivity index (χ1n) is 17.3. The Bertz CT molecular complexity index is 1010. The van der Waals surface area contributed by atoms with Gasteiger partial charge in [0.2, 0.25) is 0 Å². The molecule has 0 aliphatic heterocycles. The summed E-state index contributed by atoms with van der Waals surface area (Å²) >= 11 is 0. The van der Waals surface area contributed by atoms with Crippen LogP contribution in [-0.2, 0) is 47.7 Å². The molecular weight excluding hydrogens is 646 g/mol. The molecule has 0 amide bonds. The maximum atomic E-state index is 13.6. The van der Waals surface area contributed by atoms with Crippen LogP contribution in [-0.4, -0.2) is 131 Å². The molecule has 0 radical (unpaired) electrons. The molecule has 0 bridgehead atoms. The van der Waals surface area contributed by atoms with Crippen molar-refractivity contribution in [3.8, 4) is 0 Å². The summed E-state index contributed by atoms with van der Waals surface area (Å²) in [5.41, 5.74) is -3.73. The Labute approximate surface area is 301 Å². The molecule has 0 saturated heterocycles. The van der Waals surface area contributed by atoms with Crippen LogP contribution in [0.25, 0.3) is 0 Å². The summed E-state index contributed by atoms with van der Waals surface area (Å²) in [5, 5.41) is 0. The Balaban J connectivity index is 6.55. The summed E-state index contributed by atoms with van der Waals surface area (Å²) in [6.07, 6.45) is 1.84. The minimum absolute atomic E-state index is 0.160. The third-order valence-electron chi connectivity index (χ3n) is 6.01. The highest BCUT2D eigenvalue weighted by molar-refractivity contribution is 5.77. The monoisotopic (exact) mass is 713 g/mol. The second-order valence-electron chi connectivity index (χ2n) is 17.4. The highest BCUT2D eigenvalue weighted by Crippen LogP contribution is 2.17. The van der Waals surface area contributed by atoms with E-state index in [4.69, 9.17) is 23.7 Å². The van der Waals surface area contributed by atoms with E-state index in [-0.39, 0.29) is 58.8 Å². The van der Waals surface area contributed by atoms with Crippen LogP contribution in [0.4, 0.5) is 0 Å². The molecule has 1 atom stereocenters. The molecule has 0 heterocycles. The normalized spacial score (nSPS) is 13.6. The largest absolute Gasteiger partial charge is 0.459 e. The fraction of sp³-hybridized carbons (Fsp3) is 0.811. The van der Waals surface area contributed by atoms with Crippen LogP contribution in [0.3, 0.4) is 0 Å². The van der Waals surface area contributed by atoms with Gasteiger partial charge < -0.3 is 23.7 Å². The zero-order valence-electron chi connectivity index (χ0n) is 33.6. The maximum absolute atomic E-state index is 13.6. The van der Waals surface area contributed by atoms with E-state index in [1.165, 1.54) is 0 Å². The number of hydrogen-bond donors (Lipinski definition) is 0. The summed E-state index contributed by atoms with van der Waals surface area (Å²) in [6, 6.07) is -0.804. The van der Waals surface area contributed by atoms with Gasteiger partial charge in [-0.05, 0) is 110 Å². The fourth-order valence-electron chi connectivity index (χ4n) is 4.54. The zero-order chi connectivity index (χ0) is 39.3. The van der Waals surface area contributed by atoms with Crippen molar-refractivity contribution < 1.29 is 47.7 Å². The van der Waals surface area contributed by atoms with Gasteiger partial charge in [0.1, 0.15) is 34.0 Å². The molecule has 0 aromatic heterocycles. The second kappa shape index (κ2) is 19.5. The number of nitrogens with zero attached hydrogens (tertiary/aromatic N) is 3. The highest BCUT2D eigenvalue weighted by atomic mass is 16.6. The van der Waals surface area contributed by atoms with Crippen molar-refractivity contribution in [2.45, 2.75) is 144 Å². The van der Waals surface area contributed by atoms with Gasteiger partial charge in [-0.2, -0.15) is 0 Å². The summed E-state index contributed by atoms with van der Waals surface area (Å²) in [4.78, 5) is 70.2. The van der Waals surface area contributed by atoms with E-state index in [0.29, 0.717) is 0 Å². The molecule has 1 unspecified atom stereocenters. The van der Waals surface area contributed by atoms with Crippen LogP contribution in [0.2, 0.25) is 0 Å². The Kier molecular flexibility index (Phi) is 18.4. The Hall–Kier alpha value is -3.03. The van der Waals surface area contributed by atoms with Gasteiger partial charge in [0.25, 0.3) is 0 Å². The fourth-order valence-corrected chi connectivity index (χ4v) is 4.54. The molecule has 0 rings (SSSR count). The first-order chi connectivity index (χ1) is 22.4. The Morgan fingerprint density at radius 1 is 0.480 bits per heavy atom. The molecule has 0 spiro atoms. The number of esters is 5. The van der Waals surface area contributed by atoms with Gasteiger partial charge in [-0.15, -0.1) is 6.58 Å². The van der Waals surface area contributed by atoms with Crippen LogP contribution in [0, 0.1) is 0 Å². The topological polar surface area (TPSA) is 141 Å². The lowest BCUT2D eigenvalue weighted by molar-refractivity contribution is -0.164. The number of carbonyl (C=O) groups excluding carboxylic acids is 5. The van der Waals surface area contributed by atoms with Gasteiger partial charge in [0.05, 0.1) is 26.2 Å². The van der Waals surface area contributed by atoms with Crippen LogP contribution < -0.4 is 0 Å². The van der Waals surface area contributed by atoms with Crippen LogP contribution in [0.15, 0.2) is 12.7 Å². The molecule has 0 saturated carbocycles. The first kappa shape index (κ1) is 47.0. The molecule has 13 nitrogen and oxygen atoms in total. The molecule has 0 aromatic carbocycles. The number of rotatable bonds is 18. The Morgan fingerprint density at radius 3 is 0.960 bits per heavy atom. The Morgan fingerprint density at radius 2 is 0.740 bits per heavy atom. The standard InChI is InChI=1S/C37H67N3O10/c1-17-18-27(32(45)50-37(14,15)16)40(21-19-38(23-28(41)46-33(2,3)4)24-29(42)47-34(5,6)7)22-20-39(25-30(43)48-35(8,9)10)26-31(44)49-36(11,12)13/h17,27H,1,18-26H2,2-16H3. The molecule has 0 aliphatic rings. The van der Waals surface area contributed by atoms with Crippen molar-refractivity contribution in [1.29, 1.82) is 0 Å². The van der Waals surface area contributed by atoms with Crippen LogP contribution in [0.5, 0.6) is 0 Å². The van der Waals surface area contributed by atoms with Crippen molar-refractivity contribution in [2.24, 2.45) is 0 Å². The van der Waals surface area contributed by atoms with E-state index < -0.39 is 63.9 Å². The van der Waals surface area contributed by atoms with Crippen molar-refractivity contribution in [3.05, 3.63) is 12.7 Å². The summed E-state index contributed by atoms with van der Waals surface area (Å²) in [7, 11) is 0. The first-order valence-corrected chi connectivity index (χ1v) is 17.3. The minimum atomic E-state index is -0.804. The molecule has 290 valence electrons. The maximum Gasteiger partial charge on any atom is 0.324 e. The molecule has 0 fully saturated rings. The molecule has 13 heteroatoms. The molecule has 0 aliphatic carbocycles. The lowest BCUT2D eigenvalue weighted by atomic mass is 10.1. The van der Waals surface area contributed by atoms with E-state index >= 15 is 0 Å². The van der Waals surface area contributed by atoms with Crippen molar-refractivity contribution >= 4 is 29.8 Å². The molecule has 0 aromatic rings. The van der Waals surface area contributed by atoms with Crippen molar-refractivity contribution in [1.82, 2.24) is 14.7 Å². The third-order valence-corrected chi connectivity index (χ3v) is 6.01. The molecule has 50 heavy (non-hydrogen) atoms. The SMILES string of the molecule is C=CCC(C(=O)OC(C)(C)C)N(CCN(CC(=O)OC(C)(C)C)CC(=O)OC(C)(C)C)CCN(CC(=O)OC(C)(C)C)CC(=O)OC(C)(C)C. The van der Waals surface area contributed by atoms with E-state index in [9.17, 15) is 24.0 Å². The van der Waals surface area contributed by atoms with E-state index in [1.807, 2.05) is 4.90 Å². The predicted molar refractivity (Wildman–Crippen MR) is 192 cm³/mol. The number of ether oxygens (including phenoxy) is 5. The zero-order valence-corrected chi connectivity index (χ0v) is 33.6. The van der Waals surface area contributed by atoms with Crippen molar-refractivity contribution in [2.75, 3.05) is 52.4 Å².